The van der Waals surface area contributed by atoms with Gasteiger partial charge in [-0.3, -0.25) is 4.79 Å². The third kappa shape index (κ3) is 1.91. The van der Waals surface area contributed by atoms with Crippen LogP contribution in [0, 0.1) is 13.8 Å². The Balaban J connectivity index is 2.79. The molecule has 0 saturated carbocycles. The summed E-state index contributed by atoms with van der Waals surface area (Å²) in [6, 6.07) is 5.59. The Labute approximate surface area is 103 Å². The van der Waals surface area contributed by atoms with Crippen molar-refractivity contribution in [3.05, 3.63) is 40.0 Å². The van der Waals surface area contributed by atoms with E-state index in [1.165, 1.54) is 0 Å². The number of nitrogens with zero attached hydrogens (tertiary/aromatic N) is 1. The second-order valence-electron chi connectivity index (χ2n) is 3.73. The first kappa shape index (κ1) is 11.4. The highest BCUT2D eigenvalue weighted by Crippen LogP contribution is 2.24. The zero-order valence-corrected chi connectivity index (χ0v) is 10.4. The van der Waals surface area contributed by atoms with Crippen LogP contribution in [0.15, 0.2) is 18.2 Å². The summed E-state index contributed by atoms with van der Waals surface area (Å²) in [5.41, 5.74) is 3.31. The lowest BCUT2D eigenvalue weighted by atomic mass is 10.1. The summed E-state index contributed by atoms with van der Waals surface area (Å²) in [5, 5.41) is 0.435. The smallest absolute Gasteiger partial charge is 0.255 e. The number of pyridine rings is 1. The molecule has 4 heteroatoms. The predicted octanol–water partition coefficient (Wildman–Crippen LogP) is 3.88. The van der Waals surface area contributed by atoms with E-state index < -0.39 is 5.24 Å². The molecule has 0 saturated heterocycles. The third-order valence-electron chi connectivity index (χ3n) is 2.60. The molecule has 0 amide bonds. The van der Waals surface area contributed by atoms with E-state index in [2.05, 4.69) is 4.98 Å². The van der Waals surface area contributed by atoms with Crippen LogP contribution in [0.5, 0.6) is 0 Å². The summed E-state index contributed by atoms with van der Waals surface area (Å²) in [7, 11) is 0. The van der Waals surface area contributed by atoms with Gasteiger partial charge in [0, 0.05) is 5.39 Å². The number of hydrogen-bond donors (Lipinski definition) is 0. The molecule has 0 unspecified atom stereocenters. The minimum absolute atomic E-state index is 0.149. The average Bonchev–Trinajstić information content (AvgIpc) is 2.19. The van der Waals surface area contributed by atoms with Crippen LogP contribution in [0.4, 0.5) is 0 Å². The predicted molar refractivity (Wildman–Crippen MR) is 66.4 cm³/mol. The van der Waals surface area contributed by atoms with Gasteiger partial charge >= 0.3 is 0 Å². The number of rotatable bonds is 1. The topological polar surface area (TPSA) is 30.0 Å². The molecular formula is C12H9Cl2NO. The van der Waals surface area contributed by atoms with Crippen molar-refractivity contribution in [1.29, 1.82) is 0 Å². The number of hydrogen-bond acceptors (Lipinski definition) is 2. The second-order valence-corrected chi connectivity index (χ2v) is 4.43. The average molecular weight is 254 g/mol. The quantitative estimate of drug-likeness (QED) is 0.570. The molecule has 0 bridgehead atoms. The SMILES string of the molecule is Cc1cc2cc(C(=O)Cl)c(Cl)nc2cc1C. The van der Waals surface area contributed by atoms with Crippen molar-refractivity contribution >= 4 is 39.3 Å². The van der Waals surface area contributed by atoms with Crippen LogP contribution in [-0.2, 0) is 0 Å². The summed E-state index contributed by atoms with van der Waals surface area (Å²) in [5.74, 6) is 0. The minimum atomic E-state index is -0.586. The lowest BCUT2D eigenvalue weighted by Crippen LogP contribution is -1.94. The highest BCUT2D eigenvalue weighted by Gasteiger charge is 2.11. The Hall–Kier alpha value is -1.12. The first-order valence-electron chi connectivity index (χ1n) is 4.76. The van der Waals surface area contributed by atoms with Gasteiger partial charge in [0.05, 0.1) is 11.1 Å². The first-order valence-corrected chi connectivity index (χ1v) is 5.52. The van der Waals surface area contributed by atoms with Crippen molar-refractivity contribution in [1.82, 2.24) is 4.98 Å². The fourth-order valence-corrected chi connectivity index (χ4v) is 1.98. The lowest BCUT2D eigenvalue weighted by Gasteiger charge is -2.05. The van der Waals surface area contributed by atoms with Crippen molar-refractivity contribution in [3.8, 4) is 0 Å². The van der Waals surface area contributed by atoms with E-state index in [-0.39, 0.29) is 10.7 Å². The zero-order chi connectivity index (χ0) is 11.9. The van der Waals surface area contributed by atoms with Gasteiger partial charge in [-0.05, 0) is 54.8 Å². The molecular weight excluding hydrogens is 245 g/mol. The van der Waals surface area contributed by atoms with Crippen LogP contribution in [0.25, 0.3) is 10.9 Å². The largest absolute Gasteiger partial charge is 0.275 e. The summed E-state index contributed by atoms with van der Waals surface area (Å²) in [4.78, 5) is 15.3. The normalized spacial score (nSPS) is 10.8. The van der Waals surface area contributed by atoms with Gasteiger partial charge in [-0.25, -0.2) is 4.98 Å². The fraction of sp³-hybridized carbons (Fsp3) is 0.167. The number of benzene rings is 1. The van der Waals surface area contributed by atoms with Gasteiger partial charge in [-0.2, -0.15) is 0 Å². The molecule has 1 heterocycles. The number of aromatic nitrogens is 1. The number of aryl methyl sites for hydroxylation is 2. The lowest BCUT2D eigenvalue weighted by molar-refractivity contribution is 0.108. The Morgan fingerprint density at radius 1 is 1.19 bits per heavy atom. The Bertz CT molecular complexity index is 593. The van der Waals surface area contributed by atoms with E-state index in [0.717, 1.165) is 22.0 Å². The number of carbonyl (C=O) groups is 1. The Kier molecular flexibility index (Phi) is 2.87. The molecule has 0 spiro atoms. The van der Waals surface area contributed by atoms with Crippen LogP contribution >= 0.6 is 23.2 Å². The van der Waals surface area contributed by atoms with E-state index in [4.69, 9.17) is 23.2 Å². The van der Waals surface area contributed by atoms with Gasteiger partial charge in [-0.15, -0.1) is 0 Å². The van der Waals surface area contributed by atoms with E-state index in [9.17, 15) is 4.79 Å². The molecule has 82 valence electrons. The van der Waals surface area contributed by atoms with Crippen molar-refractivity contribution in [3.63, 3.8) is 0 Å². The van der Waals surface area contributed by atoms with Crippen molar-refractivity contribution in [2.24, 2.45) is 0 Å². The molecule has 2 rings (SSSR count). The summed E-state index contributed by atoms with van der Waals surface area (Å²) in [6.07, 6.45) is 0. The van der Waals surface area contributed by atoms with Crippen LogP contribution in [0.1, 0.15) is 21.5 Å². The van der Waals surface area contributed by atoms with Crippen molar-refractivity contribution < 1.29 is 4.79 Å². The molecule has 2 nitrogen and oxygen atoms in total. The molecule has 0 atom stereocenters. The highest BCUT2D eigenvalue weighted by atomic mass is 35.5. The van der Waals surface area contributed by atoms with Gasteiger partial charge < -0.3 is 0 Å². The number of fused-ring (bicyclic) bond motifs is 1. The minimum Gasteiger partial charge on any atom is -0.275 e. The molecule has 1 aromatic carbocycles. The van der Waals surface area contributed by atoms with Crippen LogP contribution in [0.3, 0.4) is 0 Å². The van der Waals surface area contributed by atoms with Gasteiger partial charge in [-0.1, -0.05) is 11.6 Å². The van der Waals surface area contributed by atoms with Gasteiger partial charge in [0.2, 0.25) is 0 Å². The molecule has 16 heavy (non-hydrogen) atoms. The van der Waals surface area contributed by atoms with Gasteiger partial charge in [0.1, 0.15) is 5.15 Å². The zero-order valence-electron chi connectivity index (χ0n) is 8.84. The molecule has 0 radical (unpaired) electrons. The monoisotopic (exact) mass is 253 g/mol. The number of halogens is 2. The second kappa shape index (κ2) is 4.04. The van der Waals surface area contributed by atoms with E-state index >= 15 is 0 Å². The van der Waals surface area contributed by atoms with Crippen LogP contribution in [0.2, 0.25) is 5.15 Å². The van der Waals surface area contributed by atoms with Gasteiger partial charge in [0.25, 0.3) is 5.24 Å². The molecule has 0 N–H and O–H groups in total. The van der Waals surface area contributed by atoms with Crippen molar-refractivity contribution in [2.45, 2.75) is 13.8 Å². The molecule has 0 aliphatic heterocycles. The highest BCUT2D eigenvalue weighted by molar-refractivity contribution is 6.68. The van der Waals surface area contributed by atoms with Crippen LogP contribution < -0.4 is 0 Å². The van der Waals surface area contributed by atoms with Crippen molar-refractivity contribution in [2.75, 3.05) is 0 Å². The third-order valence-corrected chi connectivity index (χ3v) is 3.09. The first-order chi connectivity index (χ1) is 7.49. The summed E-state index contributed by atoms with van der Waals surface area (Å²) < 4.78 is 0. The number of carbonyl (C=O) groups excluding carboxylic acids is 1. The molecule has 0 fully saturated rings. The maximum Gasteiger partial charge on any atom is 0.255 e. The van der Waals surface area contributed by atoms with E-state index in [1.807, 2.05) is 26.0 Å². The van der Waals surface area contributed by atoms with Gasteiger partial charge in [0.15, 0.2) is 0 Å². The Morgan fingerprint density at radius 2 is 1.81 bits per heavy atom. The summed E-state index contributed by atoms with van der Waals surface area (Å²) >= 11 is 11.3. The standard InChI is InChI=1S/C12H9Cl2NO/c1-6-3-8-5-9(12(14)16)11(13)15-10(8)4-7(6)2/h3-5H,1-2H3. The maximum atomic E-state index is 11.1. The van der Waals surface area contributed by atoms with E-state index in [0.29, 0.717) is 0 Å². The fourth-order valence-electron chi connectivity index (χ4n) is 1.55. The molecule has 0 aliphatic rings. The van der Waals surface area contributed by atoms with E-state index in [1.54, 1.807) is 6.07 Å². The van der Waals surface area contributed by atoms with Crippen LogP contribution in [-0.4, -0.2) is 10.2 Å². The maximum absolute atomic E-state index is 11.1. The molecule has 2 aromatic rings. The summed E-state index contributed by atoms with van der Waals surface area (Å²) in [6.45, 7) is 4.01. The molecule has 1 aromatic heterocycles. The molecule has 0 aliphatic carbocycles. The Morgan fingerprint density at radius 3 is 2.44 bits per heavy atom.